The first-order chi connectivity index (χ1) is 9.05. The van der Waals surface area contributed by atoms with E-state index in [-0.39, 0.29) is 0 Å². The van der Waals surface area contributed by atoms with Crippen molar-refractivity contribution >= 4 is 7.28 Å². The van der Waals surface area contributed by atoms with Crippen LogP contribution in [0.5, 0.6) is 0 Å². The van der Waals surface area contributed by atoms with Crippen molar-refractivity contribution in [3.05, 3.63) is 0 Å². The maximum Gasteiger partial charge on any atom is 0.127 e. The van der Waals surface area contributed by atoms with E-state index in [1.807, 2.05) is 0 Å². The molecule has 0 amide bonds. The average Bonchev–Trinajstić information content (AvgIpc) is 2.32. The molecule has 2 rings (SSSR count). The summed E-state index contributed by atoms with van der Waals surface area (Å²) in [5.41, 5.74) is 0.534. The third kappa shape index (κ3) is 5.16. The van der Waals surface area contributed by atoms with Gasteiger partial charge in [0.15, 0.2) is 0 Å². The van der Waals surface area contributed by atoms with E-state index in [0.717, 1.165) is 17.6 Å². The lowest BCUT2D eigenvalue weighted by molar-refractivity contribution is 0.193. The summed E-state index contributed by atoms with van der Waals surface area (Å²) in [4.78, 5) is 0. The van der Waals surface area contributed by atoms with Crippen LogP contribution in [0.1, 0.15) is 91.4 Å². The molecular formula is C18H35B. The van der Waals surface area contributed by atoms with Gasteiger partial charge in [-0.25, -0.2) is 0 Å². The Bertz CT molecular complexity index is 247. The zero-order valence-corrected chi connectivity index (χ0v) is 13.7. The van der Waals surface area contributed by atoms with Crippen molar-refractivity contribution in [3.8, 4) is 0 Å². The van der Waals surface area contributed by atoms with Gasteiger partial charge in [-0.1, -0.05) is 96.6 Å². The second-order valence-electron chi connectivity index (χ2n) is 8.53. The smallest absolute Gasteiger partial charge is 0.0654 e. The molecule has 2 atom stereocenters. The Morgan fingerprint density at radius 1 is 0.632 bits per heavy atom. The highest BCUT2D eigenvalue weighted by Gasteiger charge is 2.28. The van der Waals surface area contributed by atoms with Crippen molar-refractivity contribution in [2.24, 2.45) is 11.3 Å². The molecule has 0 aliphatic heterocycles. The summed E-state index contributed by atoms with van der Waals surface area (Å²) in [7, 11) is 1.57. The van der Waals surface area contributed by atoms with Crippen LogP contribution in [0.3, 0.4) is 0 Å². The first kappa shape index (κ1) is 15.5. The Morgan fingerprint density at radius 2 is 1.16 bits per heavy atom. The minimum Gasteiger partial charge on any atom is -0.0654 e. The van der Waals surface area contributed by atoms with E-state index in [2.05, 4.69) is 20.8 Å². The van der Waals surface area contributed by atoms with E-state index >= 15 is 0 Å². The summed E-state index contributed by atoms with van der Waals surface area (Å²) in [6, 6.07) is 0. The van der Waals surface area contributed by atoms with E-state index in [1.165, 1.54) is 57.8 Å². The molecule has 19 heavy (non-hydrogen) atoms. The van der Waals surface area contributed by atoms with Gasteiger partial charge in [0, 0.05) is 0 Å². The molecular weight excluding hydrogens is 227 g/mol. The molecule has 110 valence electrons. The quantitative estimate of drug-likeness (QED) is 0.537. The van der Waals surface area contributed by atoms with Gasteiger partial charge >= 0.3 is 0 Å². The monoisotopic (exact) mass is 262 g/mol. The molecule has 0 heterocycles. The van der Waals surface area contributed by atoms with E-state index < -0.39 is 0 Å². The highest BCUT2D eigenvalue weighted by molar-refractivity contribution is 6.39. The van der Waals surface area contributed by atoms with Crippen molar-refractivity contribution < 1.29 is 0 Å². The average molecular weight is 262 g/mol. The summed E-state index contributed by atoms with van der Waals surface area (Å²) in [5.74, 6) is 3.13. The third-order valence-corrected chi connectivity index (χ3v) is 5.95. The van der Waals surface area contributed by atoms with Crippen LogP contribution < -0.4 is 0 Å². The first-order valence-corrected chi connectivity index (χ1v) is 9.05. The fourth-order valence-electron chi connectivity index (χ4n) is 4.55. The second-order valence-corrected chi connectivity index (χ2v) is 8.53. The van der Waals surface area contributed by atoms with Crippen LogP contribution in [-0.2, 0) is 0 Å². The van der Waals surface area contributed by atoms with Crippen LogP contribution in [-0.4, -0.2) is 7.28 Å². The molecule has 0 bridgehead atoms. The van der Waals surface area contributed by atoms with Crippen LogP contribution in [0.25, 0.3) is 0 Å². The van der Waals surface area contributed by atoms with Gasteiger partial charge in [-0.05, 0) is 17.8 Å². The Morgan fingerprint density at radius 3 is 1.79 bits per heavy atom. The van der Waals surface area contributed by atoms with Gasteiger partial charge < -0.3 is 0 Å². The highest BCUT2D eigenvalue weighted by Crippen LogP contribution is 2.40. The van der Waals surface area contributed by atoms with Gasteiger partial charge in [0.1, 0.15) is 7.28 Å². The molecule has 2 aliphatic rings. The van der Waals surface area contributed by atoms with Crippen molar-refractivity contribution in [1.82, 2.24) is 0 Å². The van der Waals surface area contributed by atoms with E-state index in [9.17, 15) is 0 Å². The number of hydrogen-bond acceptors (Lipinski definition) is 0. The van der Waals surface area contributed by atoms with Gasteiger partial charge in [-0.15, -0.1) is 0 Å². The van der Waals surface area contributed by atoms with Crippen LogP contribution in [0, 0.1) is 11.3 Å². The lowest BCUT2D eigenvalue weighted by atomic mass is 9.48. The maximum atomic E-state index is 2.45. The normalized spacial score (nSPS) is 31.5. The fraction of sp³-hybridized carbons (Fsp3) is 1.00. The molecule has 2 unspecified atom stereocenters. The van der Waals surface area contributed by atoms with Gasteiger partial charge in [-0.3, -0.25) is 0 Å². The minimum atomic E-state index is 0.534. The summed E-state index contributed by atoms with van der Waals surface area (Å²) in [5, 5.41) is 0. The standard InChI is InChI=1S/C18H35B/c1-18(2,3)15-9-7-8-12-17(14-13-15)19-16-10-5-4-6-11-16/h15-17,19H,4-14H2,1-3H3. The van der Waals surface area contributed by atoms with Gasteiger partial charge in [0.2, 0.25) is 0 Å². The zero-order chi connectivity index (χ0) is 13.7. The zero-order valence-electron chi connectivity index (χ0n) is 13.7. The molecule has 2 aliphatic carbocycles. The van der Waals surface area contributed by atoms with Crippen molar-refractivity contribution in [2.45, 2.75) is 103 Å². The molecule has 2 saturated carbocycles. The molecule has 0 spiro atoms. The topological polar surface area (TPSA) is 0 Å². The lowest BCUT2D eigenvalue weighted by Crippen LogP contribution is -2.23. The van der Waals surface area contributed by atoms with E-state index in [4.69, 9.17) is 0 Å². The maximum absolute atomic E-state index is 2.45. The molecule has 0 aromatic carbocycles. The Balaban J connectivity index is 1.81. The SMILES string of the molecule is CC(C)(C)C1CCCCC(BC2CCCCC2)CC1. The van der Waals surface area contributed by atoms with E-state index in [0.29, 0.717) is 5.41 Å². The Labute approximate surface area is 122 Å². The predicted molar refractivity (Wildman–Crippen MR) is 88.4 cm³/mol. The van der Waals surface area contributed by atoms with Crippen molar-refractivity contribution in [3.63, 3.8) is 0 Å². The summed E-state index contributed by atoms with van der Waals surface area (Å²) < 4.78 is 0. The van der Waals surface area contributed by atoms with Crippen LogP contribution in [0.15, 0.2) is 0 Å². The molecule has 2 fully saturated rings. The van der Waals surface area contributed by atoms with Gasteiger partial charge in [-0.2, -0.15) is 0 Å². The molecule has 0 nitrogen and oxygen atoms in total. The number of rotatable bonds is 2. The summed E-state index contributed by atoms with van der Waals surface area (Å²) >= 11 is 0. The van der Waals surface area contributed by atoms with Crippen LogP contribution in [0.2, 0.25) is 11.6 Å². The molecule has 0 saturated heterocycles. The van der Waals surface area contributed by atoms with Gasteiger partial charge in [0.25, 0.3) is 0 Å². The third-order valence-electron chi connectivity index (χ3n) is 5.95. The van der Waals surface area contributed by atoms with Crippen LogP contribution in [0.4, 0.5) is 0 Å². The highest BCUT2D eigenvalue weighted by atomic mass is 14.3. The van der Waals surface area contributed by atoms with Crippen molar-refractivity contribution in [1.29, 1.82) is 0 Å². The van der Waals surface area contributed by atoms with Gasteiger partial charge in [0.05, 0.1) is 0 Å². The first-order valence-electron chi connectivity index (χ1n) is 9.05. The molecule has 1 heteroatoms. The molecule has 0 N–H and O–H groups in total. The Hall–Kier alpha value is 0.0649. The Kier molecular flexibility index (Phi) is 5.84. The second kappa shape index (κ2) is 7.18. The predicted octanol–water partition coefficient (Wildman–Crippen LogP) is 5.98. The summed E-state index contributed by atoms with van der Waals surface area (Å²) in [6.07, 6.45) is 16.7. The minimum absolute atomic E-state index is 0.534. The molecule has 0 aromatic heterocycles. The van der Waals surface area contributed by atoms with Crippen LogP contribution >= 0.6 is 0 Å². The van der Waals surface area contributed by atoms with E-state index in [1.54, 1.807) is 20.1 Å². The molecule has 0 aromatic rings. The number of hydrogen-bond donors (Lipinski definition) is 0. The fourth-order valence-corrected chi connectivity index (χ4v) is 4.55. The van der Waals surface area contributed by atoms with Crippen molar-refractivity contribution in [2.75, 3.05) is 0 Å². The largest absolute Gasteiger partial charge is 0.127 e. The molecule has 0 radical (unpaired) electrons. The summed E-state index contributed by atoms with van der Waals surface area (Å²) in [6.45, 7) is 7.36. The lowest BCUT2D eigenvalue weighted by Gasteiger charge is -2.35.